The molecule has 2 rings (SSSR count). The summed E-state index contributed by atoms with van der Waals surface area (Å²) < 4.78 is 0. The lowest BCUT2D eigenvalue weighted by Gasteiger charge is -2.14. The van der Waals surface area contributed by atoms with Crippen LogP contribution in [0.1, 0.15) is 31.2 Å². The monoisotopic (exact) mass is 275 g/mol. The summed E-state index contributed by atoms with van der Waals surface area (Å²) in [7, 11) is 0. The third-order valence-electron chi connectivity index (χ3n) is 3.66. The van der Waals surface area contributed by atoms with E-state index in [2.05, 4.69) is 15.5 Å². The first-order valence-electron chi connectivity index (χ1n) is 7.58. The molecule has 1 heterocycles. The predicted octanol–water partition coefficient (Wildman–Crippen LogP) is 2.99. The second kappa shape index (κ2) is 7.90. The van der Waals surface area contributed by atoms with Gasteiger partial charge >= 0.3 is 6.03 Å². The van der Waals surface area contributed by atoms with Crippen molar-refractivity contribution in [3.05, 3.63) is 29.8 Å². The fourth-order valence-electron chi connectivity index (χ4n) is 2.57. The maximum absolute atomic E-state index is 11.7. The molecule has 1 aromatic carbocycles. The van der Waals surface area contributed by atoms with Gasteiger partial charge in [-0.3, -0.25) is 0 Å². The Balaban J connectivity index is 1.55. The van der Waals surface area contributed by atoms with Crippen molar-refractivity contribution in [2.45, 2.75) is 32.6 Å². The third-order valence-corrected chi connectivity index (χ3v) is 3.66. The third kappa shape index (κ3) is 5.21. The van der Waals surface area contributed by atoms with Gasteiger partial charge in [-0.05, 0) is 69.9 Å². The van der Waals surface area contributed by atoms with Gasteiger partial charge in [0.2, 0.25) is 0 Å². The van der Waals surface area contributed by atoms with Crippen LogP contribution in [0.25, 0.3) is 0 Å². The molecule has 1 saturated heterocycles. The van der Waals surface area contributed by atoms with E-state index in [0.717, 1.165) is 30.6 Å². The predicted molar refractivity (Wildman–Crippen MR) is 83.1 cm³/mol. The Labute approximate surface area is 121 Å². The first kappa shape index (κ1) is 14.9. The summed E-state index contributed by atoms with van der Waals surface area (Å²) in [4.78, 5) is 14.2. The van der Waals surface area contributed by atoms with E-state index in [1.165, 1.54) is 32.5 Å². The summed E-state index contributed by atoms with van der Waals surface area (Å²) in [6.07, 6.45) is 4.89. The van der Waals surface area contributed by atoms with E-state index < -0.39 is 0 Å². The summed E-state index contributed by atoms with van der Waals surface area (Å²) in [5.74, 6) is 0. The molecule has 4 heteroatoms. The summed E-state index contributed by atoms with van der Waals surface area (Å²) in [6, 6.07) is 7.71. The maximum atomic E-state index is 11.7. The molecule has 110 valence electrons. The number of rotatable bonds is 6. The van der Waals surface area contributed by atoms with Crippen LogP contribution in [0, 0.1) is 6.92 Å². The van der Waals surface area contributed by atoms with Crippen molar-refractivity contribution in [1.82, 2.24) is 10.2 Å². The smallest absolute Gasteiger partial charge is 0.319 e. The standard InChI is InChI=1S/C16H25N3O/c1-14-7-6-8-15(13-14)18-16(20)17-9-2-3-10-19-11-4-5-12-19/h6-8,13H,2-5,9-12H2,1H3,(H2,17,18,20). The fourth-order valence-corrected chi connectivity index (χ4v) is 2.57. The van der Waals surface area contributed by atoms with Crippen molar-refractivity contribution in [2.75, 3.05) is 31.5 Å². The highest BCUT2D eigenvalue weighted by molar-refractivity contribution is 5.89. The Bertz CT molecular complexity index is 427. The average Bonchev–Trinajstić information content (AvgIpc) is 2.91. The minimum Gasteiger partial charge on any atom is -0.338 e. The molecule has 1 aromatic rings. The van der Waals surface area contributed by atoms with Crippen molar-refractivity contribution in [1.29, 1.82) is 0 Å². The Morgan fingerprint density at radius 1 is 1.25 bits per heavy atom. The van der Waals surface area contributed by atoms with E-state index in [1.54, 1.807) is 0 Å². The number of benzene rings is 1. The van der Waals surface area contributed by atoms with E-state index in [-0.39, 0.29) is 6.03 Å². The van der Waals surface area contributed by atoms with E-state index in [1.807, 2.05) is 31.2 Å². The minimum absolute atomic E-state index is 0.114. The van der Waals surface area contributed by atoms with Gasteiger partial charge in [0.1, 0.15) is 0 Å². The van der Waals surface area contributed by atoms with Gasteiger partial charge in [-0.2, -0.15) is 0 Å². The van der Waals surface area contributed by atoms with Gasteiger partial charge in [0, 0.05) is 12.2 Å². The van der Waals surface area contributed by atoms with E-state index in [0.29, 0.717) is 0 Å². The van der Waals surface area contributed by atoms with E-state index in [4.69, 9.17) is 0 Å². The zero-order valence-corrected chi connectivity index (χ0v) is 12.3. The summed E-state index contributed by atoms with van der Waals surface area (Å²) in [6.45, 7) is 6.43. The number of amides is 2. The summed E-state index contributed by atoms with van der Waals surface area (Å²) >= 11 is 0. The number of hydrogen-bond acceptors (Lipinski definition) is 2. The summed E-state index contributed by atoms with van der Waals surface area (Å²) in [5, 5.41) is 5.76. The highest BCUT2D eigenvalue weighted by atomic mass is 16.2. The van der Waals surface area contributed by atoms with E-state index >= 15 is 0 Å². The number of unbranched alkanes of at least 4 members (excludes halogenated alkanes) is 1. The number of anilines is 1. The van der Waals surface area contributed by atoms with Crippen LogP contribution < -0.4 is 10.6 Å². The molecule has 0 aliphatic carbocycles. The average molecular weight is 275 g/mol. The van der Waals surface area contributed by atoms with Gasteiger partial charge in [-0.15, -0.1) is 0 Å². The molecule has 0 spiro atoms. The van der Waals surface area contributed by atoms with Crippen LogP contribution >= 0.6 is 0 Å². The first-order chi connectivity index (χ1) is 9.74. The normalized spacial score (nSPS) is 15.2. The highest BCUT2D eigenvalue weighted by Gasteiger charge is 2.10. The molecule has 0 unspecified atom stereocenters. The largest absolute Gasteiger partial charge is 0.338 e. The molecule has 0 aromatic heterocycles. The zero-order valence-electron chi connectivity index (χ0n) is 12.3. The van der Waals surface area contributed by atoms with Gasteiger partial charge in [-0.1, -0.05) is 12.1 Å². The van der Waals surface area contributed by atoms with Crippen LogP contribution in [-0.2, 0) is 0 Å². The molecule has 0 atom stereocenters. The maximum Gasteiger partial charge on any atom is 0.319 e. The Hall–Kier alpha value is -1.55. The second-order valence-corrected chi connectivity index (χ2v) is 5.51. The van der Waals surface area contributed by atoms with Gasteiger partial charge in [0.15, 0.2) is 0 Å². The number of carbonyl (C=O) groups excluding carboxylic acids is 1. The quantitative estimate of drug-likeness (QED) is 0.784. The number of nitrogens with one attached hydrogen (secondary N) is 2. The van der Waals surface area contributed by atoms with Crippen molar-refractivity contribution in [2.24, 2.45) is 0 Å². The van der Waals surface area contributed by atoms with Crippen LogP contribution in [0.5, 0.6) is 0 Å². The molecule has 2 N–H and O–H groups in total. The van der Waals surface area contributed by atoms with Crippen molar-refractivity contribution >= 4 is 11.7 Å². The van der Waals surface area contributed by atoms with Crippen molar-refractivity contribution in [3.8, 4) is 0 Å². The molecule has 2 amide bonds. The van der Waals surface area contributed by atoms with Gasteiger partial charge in [0.05, 0.1) is 0 Å². The first-order valence-corrected chi connectivity index (χ1v) is 7.58. The van der Waals surface area contributed by atoms with Crippen LogP contribution in [0.3, 0.4) is 0 Å². The number of likely N-dealkylation sites (tertiary alicyclic amines) is 1. The Kier molecular flexibility index (Phi) is 5.87. The number of carbonyl (C=O) groups is 1. The number of aryl methyl sites for hydroxylation is 1. The lowest BCUT2D eigenvalue weighted by atomic mass is 10.2. The lowest BCUT2D eigenvalue weighted by molar-refractivity contribution is 0.251. The highest BCUT2D eigenvalue weighted by Crippen LogP contribution is 2.09. The molecule has 4 nitrogen and oxygen atoms in total. The lowest BCUT2D eigenvalue weighted by Crippen LogP contribution is -2.30. The van der Waals surface area contributed by atoms with Crippen LogP contribution in [0.2, 0.25) is 0 Å². The molecule has 0 saturated carbocycles. The molecule has 0 radical (unpaired) electrons. The molecular formula is C16H25N3O. The van der Waals surface area contributed by atoms with Crippen LogP contribution in [0.4, 0.5) is 10.5 Å². The van der Waals surface area contributed by atoms with Crippen molar-refractivity contribution < 1.29 is 4.79 Å². The van der Waals surface area contributed by atoms with Gasteiger partial charge < -0.3 is 15.5 Å². The van der Waals surface area contributed by atoms with Crippen LogP contribution in [-0.4, -0.2) is 37.1 Å². The molecule has 20 heavy (non-hydrogen) atoms. The van der Waals surface area contributed by atoms with Crippen molar-refractivity contribution in [3.63, 3.8) is 0 Å². The molecule has 0 bridgehead atoms. The SMILES string of the molecule is Cc1cccc(NC(=O)NCCCCN2CCCC2)c1. The molecular weight excluding hydrogens is 250 g/mol. The Morgan fingerprint density at radius 3 is 2.80 bits per heavy atom. The topological polar surface area (TPSA) is 44.4 Å². The number of urea groups is 1. The number of hydrogen-bond donors (Lipinski definition) is 2. The molecule has 1 fully saturated rings. The van der Waals surface area contributed by atoms with Gasteiger partial charge in [0.25, 0.3) is 0 Å². The second-order valence-electron chi connectivity index (χ2n) is 5.51. The molecule has 1 aliphatic rings. The minimum atomic E-state index is -0.114. The van der Waals surface area contributed by atoms with Crippen LogP contribution in [0.15, 0.2) is 24.3 Å². The number of nitrogens with zero attached hydrogens (tertiary/aromatic N) is 1. The summed E-state index contributed by atoms with van der Waals surface area (Å²) in [5.41, 5.74) is 1.99. The van der Waals surface area contributed by atoms with E-state index in [9.17, 15) is 4.79 Å². The van der Waals surface area contributed by atoms with Gasteiger partial charge in [-0.25, -0.2) is 4.79 Å². The zero-order chi connectivity index (χ0) is 14.2. The fraction of sp³-hybridized carbons (Fsp3) is 0.562. The molecule has 1 aliphatic heterocycles. The Morgan fingerprint density at radius 2 is 2.05 bits per heavy atom.